The molecule has 0 N–H and O–H groups in total. The number of hydrogen-bond acceptors (Lipinski definition) is 4. The second-order valence-electron chi connectivity index (χ2n) is 7.47. The molecule has 2 heterocycles. The van der Waals surface area contributed by atoms with Crippen LogP contribution in [0.15, 0.2) is 22.7 Å². The topological polar surface area (TPSA) is 39.5 Å². The van der Waals surface area contributed by atoms with E-state index < -0.39 is 9.52 Å². The highest BCUT2D eigenvalue weighted by molar-refractivity contribution is 9.10. The van der Waals surface area contributed by atoms with Gasteiger partial charge in [0.15, 0.2) is 0 Å². The Bertz CT molecular complexity index is 708. The third kappa shape index (κ3) is 3.85. The lowest BCUT2D eigenvalue weighted by molar-refractivity contribution is 0.106. The third-order valence-corrected chi connectivity index (χ3v) is 7.04. The number of aromatic nitrogens is 2. The number of anilines is 1. The van der Waals surface area contributed by atoms with E-state index in [2.05, 4.69) is 58.3 Å². The van der Waals surface area contributed by atoms with Crippen LogP contribution in [-0.4, -0.2) is 52.5 Å². The second-order valence-corrected chi connectivity index (χ2v) is 11.6. The molecule has 0 radical (unpaired) electrons. The minimum atomic E-state index is -0.535. The van der Waals surface area contributed by atoms with Gasteiger partial charge in [0.05, 0.1) is 33.8 Å². The van der Waals surface area contributed by atoms with Gasteiger partial charge in [0.25, 0.3) is 0 Å². The standard InChI is InChI=1S/C17H26BrN3O2Si/c1-17(2,3)24-16(22-4)21-14-11-12(18)5-6-13(14)19-15(21)20-7-9-23-10-8-20/h5-6,11,16H,7-10,24H2,1-4H3. The quantitative estimate of drug-likeness (QED) is 0.724. The van der Waals surface area contributed by atoms with Crippen molar-refractivity contribution in [3.05, 3.63) is 22.7 Å². The summed E-state index contributed by atoms with van der Waals surface area (Å²) in [6.45, 7) is 10.1. The summed E-state index contributed by atoms with van der Waals surface area (Å²) in [6.07, 6.45) is 0. The summed E-state index contributed by atoms with van der Waals surface area (Å²) in [7, 11) is 1.28. The average Bonchev–Trinajstić information content (AvgIpc) is 2.91. The number of methoxy groups -OCH3 is 1. The fourth-order valence-electron chi connectivity index (χ4n) is 3.13. The molecule has 2 aromatic rings. The number of nitrogens with zero attached hydrogens (tertiary/aromatic N) is 3. The molecule has 0 saturated carbocycles. The van der Waals surface area contributed by atoms with E-state index in [1.54, 1.807) is 0 Å². The first-order valence-corrected chi connectivity index (χ1v) is 10.7. The van der Waals surface area contributed by atoms with Gasteiger partial charge in [-0.15, -0.1) is 0 Å². The van der Waals surface area contributed by atoms with Crippen molar-refractivity contribution in [2.45, 2.75) is 31.7 Å². The normalized spacial score (nSPS) is 18.0. The summed E-state index contributed by atoms with van der Waals surface area (Å²) in [5.74, 6) is 1.09. The van der Waals surface area contributed by atoms with Crippen LogP contribution in [0.3, 0.4) is 0 Å². The van der Waals surface area contributed by atoms with Crippen LogP contribution in [0, 0.1) is 0 Å². The van der Waals surface area contributed by atoms with Gasteiger partial charge in [-0.1, -0.05) is 36.7 Å². The summed E-state index contributed by atoms with van der Waals surface area (Å²) in [6, 6.07) is 6.27. The fraction of sp³-hybridized carbons (Fsp3) is 0.588. The Hall–Kier alpha value is -0.893. The average molecular weight is 412 g/mol. The first-order valence-electron chi connectivity index (χ1n) is 8.42. The van der Waals surface area contributed by atoms with E-state index in [0.29, 0.717) is 5.04 Å². The second kappa shape index (κ2) is 7.15. The maximum absolute atomic E-state index is 5.96. The molecule has 0 spiro atoms. The van der Waals surface area contributed by atoms with Crippen LogP contribution in [0.2, 0.25) is 5.04 Å². The monoisotopic (exact) mass is 411 g/mol. The molecule has 1 aromatic heterocycles. The number of benzene rings is 1. The molecule has 1 aliphatic rings. The minimum absolute atomic E-state index is 0.0853. The van der Waals surface area contributed by atoms with Gasteiger partial charge in [-0.3, -0.25) is 4.57 Å². The summed E-state index contributed by atoms with van der Waals surface area (Å²) < 4.78 is 14.8. The number of rotatable bonds is 4. The van der Waals surface area contributed by atoms with Crippen molar-refractivity contribution < 1.29 is 9.47 Å². The summed E-state index contributed by atoms with van der Waals surface area (Å²) >= 11 is 3.60. The SMILES string of the molecule is COC([SiH2]C(C)(C)C)n1c(N2CCOCC2)nc2ccc(Br)cc21. The lowest BCUT2D eigenvalue weighted by Gasteiger charge is -2.32. The van der Waals surface area contributed by atoms with Crippen molar-refractivity contribution in [3.8, 4) is 0 Å². The minimum Gasteiger partial charge on any atom is -0.378 e. The Morgan fingerprint density at radius 3 is 2.62 bits per heavy atom. The maximum Gasteiger partial charge on any atom is 0.208 e. The highest BCUT2D eigenvalue weighted by Crippen LogP contribution is 2.33. The van der Waals surface area contributed by atoms with Crippen LogP contribution in [0.1, 0.15) is 26.6 Å². The van der Waals surface area contributed by atoms with Gasteiger partial charge in [-0.25, -0.2) is 4.98 Å². The van der Waals surface area contributed by atoms with E-state index in [-0.39, 0.29) is 5.85 Å². The zero-order valence-corrected chi connectivity index (χ0v) is 17.9. The smallest absolute Gasteiger partial charge is 0.208 e. The van der Waals surface area contributed by atoms with Crippen molar-refractivity contribution in [1.29, 1.82) is 0 Å². The fourth-order valence-corrected chi connectivity index (χ4v) is 5.23. The largest absolute Gasteiger partial charge is 0.378 e. The van der Waals surface area contributed by atoms with E-state index in [1.807, 2.05) is 13.2 Å². The van der Waals surface area contributed by atoms with Crippen molar-refractivity contribution in [2.24, 2.45) is 0 Å². The Labute approximate surface area is 154 Å². The van der Waals surface area contributed by atoms with E-state index in [0.717, 1.165) is 47.8 Å². The van der Waals surface area contributed by atoms with E-state index in [9.17, 15) is 0 Å². The van der Waals surface area contributed by atoms with Gasteiger partial charge in [-0.05, 0) is 23.2 Å². The van der Waals surface area contributed by atoms with Crippen molar-refractivity contribution >= 4 is 42.4 Å². The molecule has 1 atom stereocenters. The molecular formula is C17H26BrN3O2Si. The van der Waals surface area contributed by atoms with Gasteiger partial charge in [-0.2, -0.15) is 0 Å². The Morgan fingerprint density at radius 2 is 2.00 bits per heavy atom. The third-order valence-electron chi connectivity index (χ3n) is 4.27. The molecule has 1 saturated heterocycles. The highest BCUT2D eigenvalue weighted by atomic mass is 79.9. The predicted molar refractivity (Wildman–Crippen MR) is 105 cm³/mol. The Kier molecular flexibility index (Phi) is 5.34. The summed E-state index contributed by atoms with van der Waals surface area (Å²) in [5, 5.41) is 0.297. The number of halogens is 1. The first-order chi connectivity index (χ1) is 11.4. The molecule has 0 bridgehead atoms. The van der Waals surface area contributed by atoms with Crippen molar-refractivity contribution in [1.82, 2.24) is 9.55 Å². The van der Waals surface area contributed by atoms with Crippen LogP contribution in [0.25, 0.3) is 11.0 Å². The van der Waals surface area contributed by atoms with Crippen LogP contribution in [0.4, 0.5) is 5.95 Å². The molecule has 1 fully saturated rings. The van der Waals surface area contributed by atoms with Gasteiger partial charge in [0.1, 0.15) is 5.85 Å². The van der Waals surface area contributed by atoms with Gasteiger partial charge >= 0.3 is 0 Å². The molecule has 0 aliphatic carbocycles. The maximum atomic E-state index is 5.96. The van der Waals surface area contributed by atoms with Gasteiger partial charge in [0, 0.05) is 24.7 Å². The number of morpholine rings is 1. The summed E-state index contributed by atoms with van der Waals surface area (Å²) in [4.78, 5) is 7.25. The molecule has 0 amide bonds. The molecule has 5 nitrogen and oxygen atoms in total. The Balaban J connectivity index is 2.11. The van der Waals surface area contributed by atoms with Crippen LogP contribution >= 0.6 is 15.9 Å². The first kappa shape index (κ1) is 17.9. The van der Waals surface area contributed by atoms with E-state index in [1.165, 1.54) is 0 Å². The zero-order chi connectivity index (χ0) is 17.3. The molecule has 7 heteroatoms. The lowest BCUT2D eigenvalue weighted by atomic mass is 10.3. The van der Waals surface area contributed by atoms with Gasteiger partial charge < -0.3 is 14.4 Å². The van der Waals surface area contributed by atoms with Crippen LogP contribution in [-0.2, 0) is 9.47 Å². The van der Waals surface area contributed by atoms with Crippen molar-refractivity contribution in [3.63, 3.8) is 0 Å². The number of hydrogen-bond donors (Lipinski definition) is 0. The lowest BCUT2D eigenvalue weighted by Crippen LogP contribution is -2.39. The highest BCUT2D eigenvalue weighted by Gasteiger charge is 2.28. The molecule has 1 aromatic carbocycles. The van der Waals surface area contributed by atoms with Crippen LogP contribution in [0.5, 0.6) is 0 Å². The molecule has 1 unspecified atom stereocenters. The molecule has 24 heavy (non-hydrogen) atoms. The zero-order valence-electron chi connectivity index (χ0n) is 14.9. The molecule has 3 rings (SSSR count). The number of fused-ring (bicyclic) bond motifs is 1. The Morgan fingerprint density at radius 1 is 1.29 bits per heavy atom. The van der Waals surface area contributed by atoms with Crippen LogP contribution < -0.4 is 4.90 Å². The molecular weight excluding hydrogens is 386 g/mol. The number of imidazole rings is 1. The van der Waals surface area contributed by atoms with E-state index in [4.69, 9.17) is 14.5 Å². The van der Waals surface area contributed by atoms with E-state index >= 15 is 0 Å². The summed E-state index contributed by atoms with van der Waals surface area (Å²) in [5.41, 5.74) is 2.15. The van der Waals surface area contributed by atoms with Gasteiger partial charge in [0.2, 0.25) is 5.95 Å². The van der Waals surface area contributed by atoms with Crippen molar-refractivity contribution in [2.75, 3.05) is 38.3 Å². The predicted octanol–water partition coefficient (Wildman–Crippen LogP) is 3.13. The number of ether oxygens (including phenoxy) is 2. The molecule has 1 aliphatic heterocycles. The molecule has 132 valence electrons.